The van der Waals surface area contributed by atoms with Crippen LogP contribution in [0.2, 0.25) is 5.02 Å². The summed E-state index contributed by atoms with van der Waals surface area (Å²) in [6.45, 7) is 0. The van der Waals surface area contributed by atoms with Gasteiger partial charge in [-0.1, -0.05) is 27.5 Å². The van der Waals surface area contributed by atoms with E-state index in [0.717, 1.165) is 4.47 Å². The summed E-state index contributed by atoms with van der Waals surface area (Å²) in [5, 5.41) is 11.7. The van der Waals surface area contributed by atoms with E-state index in [2.05, 4.69) is 37.2 Å². The summed E-state index contributed by atoms with van der Waals surface area (Å²) in [5.41, 5.74) is 0.836. The molecular formula is C14H8Br2ClNO3. The zero-order valence-electron chi connectivity index (χ0n) is 10.4. The summed E-state index contributed by atoms with van der Waals surface area (Å²) in [6.07, 6.45) is 0. The average Bonchev–Trinajstić information content (AvgIpc) is 2.43. The van der Waals surface area contributed by atoms with E-state index in [4.69, 9.17) is 16.7 Å². The molecular weight excluding hydrogens is 425 g/mol. The van der Waals surface area contributed by atoms with Gasteiger partial charge in [-0.2, -0.15) is 0 Å². The molecule has 0 aliphatic carbocycles. The van der Waals surface area contributed by atoms with Crippen LogP contribution in [0.25, 0.3) is 0 Å². The second kappa shape index (κ2) is 6.60. The lowest BCUT2D eigenvalue weighted by Gasteiger charge is -2.09. The SMILES string of the molecule is O=C(O)c1ccc(NC(=O)c2cc(Br)ccc2Br)c(Cl)c1. The lowest BCUT2D eigenvalue weighted by atomic mass is 10.2. The molecule has 0 spiro atoms. The number of benzene rings is 2. The maximum Gasteiger partial charge on any atom is 0.335 e. The first-order valence-corrected chi connectivity index (χ1v) is 7.64. The van der Waals surface area contributed by atoms with E-state index >= 15 is 0 Å². The fourth-order valence-corrected chi connectivity index (χ4v) is 2.63. The summed E-state index contributed by atoms with van der Waals surface area (Å²) in [5.74, 6) is -1.43. The fourth-order valence-electron chi connectivity index (χ4n) is 1.61. The molecule has 0 aliphatic heterocycles. The van der Waals surface area contributed by atoms with Crippen LogP contribution in [-0.2, 0) is 0 Å². The van der Waals surface area contributed by atoms with Gasteiger partial charge in [0.05, 0.1) is 21.8 Å². The molecule has 108 valence electrons. The lowest BCUT2D eigenvalue weighted by Crippen LogP contribution is -2.13. The molecule has 0 saturated carbocycles. The molecule has 7 heteroatoms. The Kier molecular flexibility index (Phi) is 5.03. The van der Waals surface area contributed by atoms with E-state index in [1.807, 2.05) is 0 Å². The summed E-state index contributed by atoms with van der Waals surface area (Å²) in [6, 6.07) is 9.33. The standard InChI is InChI=1S/C14H8Br2ClNO3/c15-8-2-3-10(16)9(6-8)13(19)18-12-4-1-7(14(20)21)5-11(12)17/h1-6H,(H,18,19)(H,20,21). The number of carbonyl (C=O) groups excluding carboxylic acids is 1. The Labute approximate surface area is 142 Å². The van der Waals surface area contributed by atoms with Crippen LogP contribution in [0, 0.1) is 0 Å². The molecule has 0 radical (unpaired) electrons. The molecule has 2 aromatic carbocycles. The van der Waals surface area contributed by atoms with Crippen molar-refractivity contribution in [2.24, 2.45) is 0 Å². The number of nitrogens with one attached hydrogen (secondary N) is 1. The first-order valence-electron chi connectivity index (χ1n) is 5.67. The molecule has 2 aromatic rings. The van der Waals surface area contributed by atoms with E-state index in [9.17, 15) is 9.59 Å². The van der Waals surface area contributed by atoms with E-state index in [0.29, 0.717) is 15.7 Å². The van der Waals surface area contributed by atoms with Crippen LogP contribution in [0.15, 0.2) is 45.3 Å². The third-order valence-corrected chi connectivity index (χ3v) is 4.13. The first kappa shape index (κ1) is 16.0. The third kappa shape index (κ3) is 3.84. The molecule has 0 aromatic heterocycles. The largest absolute Gasteiger partial charge is 0.478 e. The highest BCUT2D eigenvalue weighted by molar-refractivity contribution is 9.11. The van der Waals surface area contributed by atoms with Gasteiger partial charge in [0.1, 0.15) is 0 Å². The number of carboxylic acids is 1. The molecule has 4 nitrogen and oxygen atoms in total. The molecule has 0 aliphatic rings. The number of anilines is 1. The van der Waals surface area contributed by atoms with E-state index in [-0.39, 0.29) is 16.5 Å². The maximum absolute atomic E-state index is 12.2. The minimum atomic E-state index is -1.08. The molecule has 2 rings (SSSR count). The van der Waals surface area contributed by atoms with Crippen molar-refractivity contribution in [3.63, 3.8) is 0 Å². The normalized spacial score (nSPS) is 10.2. The van der Waals surface area contributed by atoms with Gasteiger partial charge in [0.15, 0.2) is 0 Å². The van der Waals surface area contributed by atoms with Gasteiger partial charge in [0.2, 0.25) is 0 Å². The summed E-state index contributed by atoms with van der Waals surface area (Å²) >= 11 is 12.6. The zero-order valence-corrected chi connectivity index (χ0v) is 14.3. The Morgan fingerprint density at radius 2 is 1.81 bits per heavy atom. The van der Waals surface area contributed by atoms with Gasteiger partial charge in [-0.3, -0.25) is 4.79 Å². The van der Waals surface area contributed by atoms with Crippen molar-refractivity contribution in [3.8, 4) is 0 Å². The van der Waals surface area contributed by atoms with Gasteiger partial charge < -0.3 is 10.4 Å². The van der Waals surface area contributed by atoms with Crippen molar-refractivity contribution in [3.05, 3.63) is 61.5 Å². The Morgan fingerprint density at radius 1 is 1.10 bits per heavy atom. The first-order chi connectivity index (χ1) is 9.88. The summed E-state index contributed by atoms with van der Waals surface area (Å²) in [7, 11) is 0. The van der Waals surface area contributed by atoms with Crippen LogP contribution in [0.5, 0.6) is 0 Å². The van der Waals surface area contributed by atoms with Gasteiger partial charge in [-0.15, -0.1) is 0 Å². The Hall–Kier alpha value is -1.37. The van der Waals surface area contributed by atoms with E-state index in [1.54, 1.807) is 18.2 Å². The quantitative estimate of drug-likeness (QED) is 0.730. The molecule has 21 heavy (non-hydrogen) atoms. The van der Waals surface area contributed by atoms with E-state index in [1.165, 1.54) is 18.2 Å². The number of hydrogen-bond donors (Lipinski definition) is 2. The topological polar surface area (TPSA) is 66.4 Å². The Morgan fingerprint density at radius 3 is 2.43 bits per heavy atom. The minimum Gasteiger partial charge on any atom is -0.478 e. The average molecular weight is 433 g/mol. The van der Waals surface area contributed by atoms with Crippen LogP contribution < -0.4 is 5.32 Å². The number of rotatable bonds is 3. The lowest BCUT2D eigenvalue weighted by molar-refractivity contribution is 0.0696. The molecule has 0 atom stereocenters. The van der Waals surface area contributed by atoms with Crippen LogP contribution >= 0.6 is 43.5 Å². The molecule has 0 bridgehead atoms. The number of hydrogen-bond acceptors (Lipinski definition) is 2. The van der Waals surface area contributed by atoms with Crippen LogP contribution in [0.3, 0.4) is 0 Å². The molecule has 0 fully saturated rings. The minimum absolute atomic E-state index is 0.0571. The zero-order chi connectivity index (χ0) is 15.6. The highest BCUT2D eigenvalue weighted by Gasteiger charge is 2.13. The van der Waals surface area contributed by atoms with Crippen molar-refractivity contribution in [1.29, 1.82) is 0 Å². The van der Waals surface area contributed by atoms with Gasteiger partial charge in [-0.05, 0) is 52.3 Å². The van der Waals surface area contributed by atoms with Gasteiger partial charge in [0, 0.05) is 8.95 Å². The summed E-state index contributed by atoms with van der Waals surface area (Å²) in [4.78, 5) is 23.1. The number of halogens is 3. The van der Waals surface area contributed by atoms with Crippen molar-refractivity contribution in [2.45, 2.75) is 0 Å². The van der Waals surface area contributed by atoms with Crippen LogP contribution in [0.4, 0.5) is 5.69 Å². The van der Waals surface area contributed by atoms with Gasteiger partial charge >= 0.3 is 5.97 Å². The summed E-state index contributed by atoms with van der Waals surface area (Å²) < 4.78 is 1.41. The van der Waals surface area contributed by atoms with Crippen LogP contribution in [0.1, 0.15) is 20.7 Å². The second-order valence-electron chi connectivity index (χ2n) is 4.08. The maximum atomic E-state index is 12.2. The number of amides is 1. The highest BCUT2D eigenvalue weighted by Crippen LogP contribution is 2.26. The smallest absolute Gasteiger partial charge is 0.335 e. The molecule has 0 unspecified atom stereocenters. The second-order valence-corrected chi connectivity index (χ2v) is 6.26. The molecule has 0 heterocycles. The monoisotopic (exact) mass is 431 g/mol. The van der Waals surface area contributed by atoms with E-state index < -0.39 is 5.97 Å². The highest BCUT2D eigenvalue weighted by atomic mass is 79.9. The van der Waals surface area contributed by atoms with Crippen molar-refractivity contribution >= 4 is 61.0 Å². The van der Waals surface area contributed by atoms with Gasteiger partial charge in [0.25, 0.3) is 5.91 Å². The predicted octanol–water partition coefficient (Wildman–Crippen LogP) is 4.82. The number of carboxylic acid groups (broad SMARTS) is 1. The molecule has 2 N–H and O–H groups in total. The molecule has 1 amide bonds. The Balaban J connectivity index is 2.27. The fraction of sp³-hybridized carbons (Fsp3) is 0. The predicted molar refractivity (Wildman–Crippen MR) is 88.2 cm³/mol. The van der Waals surface area contributed by atoms with Crippen LogP contribution in [-0.4, -0.2) is 17.0 Å². The molecule has 0 saturated heterocycles. The number of aromatic carboxylic acids is 1. The van der Waals surface area contributed by atoms with Crippen molar-refractivity contribution < 1.29 is 14.7 Å². The van der Waals surface area contributed by atoms with Gasteiger partial charge in [-0.25, -0.2) is 4.79 Å². The number of carbonyl (C=O) groups is 2. The third-order valence-electron chi connectivity index (χ3n) is 2.64. The van der Waals surface area contributed by atoms with Crippen molar-refractivity contribution in [2.75, 3.05) is 5.32 Å². The van der Waals surface area contributed by atoms with Crippen molar-refractivity contribution in [1.82, 2.24) is 0 Å². The Bertz CT molecular complexity index is 734.